The van der Waals surface area contributed by atoms with Gasteiger partial charge in [-0.25, -0.2) is 14.8 Å². The number of rotatable bonds is 6. The van der Waals surface area contributed by atoms with Crippen molar-refractivity contribution in [1.29, 1.82) is 0 Å². The minimum Gasteiger partial charge on any atom is -0.493 e. The topological polar surface area (TPSA) is 93.6 Å². The molecule has 1 aromatic carbocycles. The second-order valence-corrected chi connectivity index (χ2v) is 5.06. The molecule has 0 bridgehead atoms. The van der Waals surface area contributed by atoms with E-state index in [0.717, 1.165) is 0 Å². The Kier molecular flexibility index (Phi) is 5.19. The van der Waals surface area contributed by atoms with Crippen molar-refractivity contribution < 1.29 is 32.5 Å². The lowest BCUT2D eigenvalue weighted by Crippen LogP contribution is -2.29. The fourth-order valence-electron chi connectivity index (χ4n) is 2.20. The maximum absolute atomic E-state index is 13.1. The van der Waals surface area contributed by atoms with E-state index >= 15 is 0 Å². The second kappa shape index (κ2) is 6.99. The monoisotopic (exact) mass is 359 g/mol. The molecule has 10 heteroatoms. The highest BCUT2D eigenvalue weighted by Crippen LogP contribution is 2.36. The zero-order valence-electron chi connectivity index (χ0n) is 13.6. The highest BCUT2D eigenvalue weighted by atomic mass is 19.4. The number of fused-ring (bicyclic) bond motifs is 1. The predicted molar refractivity (Wildman–Crippen MR) is 83.0 cm³/mol. The predicted octanol–water partition coefficient (Wildman–Crippen LogP) is 2.94. The quantitative estimate of drug-likeness (QED) is 0.819. The minimum atomic E-state index is -4.79. The van der Waals surface area contributed by atoms with Gasteiger partial charge < -0.3 is 19.9 Å². The van der Waals surface area contributed by atoms with E-state index in [4.69, 9.17) is 14.6 Å². The number of aromatic nitrogens is 2. The number of ether oxygens (including phenoxy) is 2. The van der Waals surface area contributed by atoms with Crippen LogP contribution in [0.4, 0.5) is 19.0 Å². The van der Waals surface area contributed by atoms with Gasteiger partial charge in [0.15, 0.2) is 11.5 Å². The molecular formula is C15H16F3N3O4. The van der Waals surface area contributed by atoms with E-state index in [1.807, 2.05) is 0 Å². The zero-order chi connectivity index (χ0) is 18.8. The molecule has 0 aliphatic rings. The van der Waals surface area contributed by atoms with Crippen LogP contribution in [0.15, 0.2) is 12.1 Å². The van der Waals surface area contributed by atoms with Gasteiger partial charge in [-0.15, -0.1) is 0 Å². The second-order valence-electron chi connectivity index (χ2n) is 5.06. The molecule has 25 heavy (non-hydrogen) atoms. The van der Waals surface area contributed by atoms with Gasteiger partial charge in [0.05, 0.1) is 19.7 Å². The number of carboxylic acid groups (broad SMARTS) is 1. The first kappa shape index (κ1) is 18.6. The Balaban J connectivity index is 2.72. The third kappa shape index (κ3) is 3.83. The van der Waals surface area contributed by atoms with Crippen molar-refractivity contribution in [3.05, 3.63) is 18.0 Å². The van der Waals surface area contributed by atoms with E-state index in [-0.39, 0.29) is 34.6 Å². The summed E-state index contributed by atoms with van der Waals surface area (Å²) >= 11 is 0. The van der Waals surface area contributed by atoms with Crippen LogP contribution >= 0.6 is 0 Å². The van der Waals surface area contributed by atoms with E-state index in [1.54, 1.807) is 6.92 Å². The summed E-state index contributed by atoms with van der Waals surface area (Å²) in [6.07, 6.45) is -4.64. The van der Waals surface area contributed by atoms with Crippen molar-refractivity contribution in [3.8, 4) is 11.5 Å². The standard InChI is InChI=1S/C15H16F3N3O4/c1-4-8(13(22)23)19-12-7-5-10(24-2)11(25-3)6-9(7)20-14(21-12)15(16,17)18/h5-6,8H,4H2,1-3H3,(H,22,23)(H,19,20,21). The SMILES string of the molecule is CCC(Nc1nc(C(F)(F)F)nc2cc(OC)c(OC)cc12)C(=O)O. The minimum absolute atomic E-state index is 0.0530. The number of carbonyl (C=O) groups is 1. The summed E-state index contributed by atoms with van der Waals surface area (Å²) < 4.78 is 49.4. The molecule has 0 saturated carbocycles. The first-order chi connectivity index (χ1) is 11.7. The lowest BCUT2D eigenvalue weighted by atomic mass is 10.1. The van der Waals surface area contributed by atoms with Crippen molar-refractivity contribution in [3.63, 3.8) is 0 Å². The van der Waals surface area contributed by atoms with Gasteiger partial charge in [-0.2, -0.15) is 13.2 Å². The summed E-state index contributed by atoms with van der Waals surface area (Å²) in [5.41, 5.74) is -0.0530. The molecule has 0 radical (unpaired) electrons. The van der Waals surface area contributed by atoms with Crippen LogP contribution in [0.25, 0.3) is 10.9 Å². The first-order valence-corrected chi connectivity index (χ1v) is 7.21. The number of hydrogen-bond acceptors (Lipinski definition) is 6. The fourth-order valence-corrected chi connectivity index (χ4v) is 2.20. The van der Waals surface area contributed by atoms with Crippen LogP contribution in [-0.4, -0.2) is 41.3 Å². The summed E-state index contributed by atoms with van der Waals surface area (Å²) in [4.78, 5) is 18.2. The molecule has 7 nitrogen and oxygen atoms in total. The van der Waals surface area contributed by atoms with Gasteiger partial charge in [0.1, 0.15) is 11.9 Å². The summed E-state index contributed by atoms with van der Waals surface area (Å²) in [6.45, 7) is 1.59. The van der Waals surface area contributed by atoms with Crippen LogP contribution in [0.1, 0.15) is 19.2 Å². The van der Waals surface area contributed by atoms with Crippen LogP contribution in [0.3, 0.4) is 0 Å². The number of alkyl halides is 3. The lowest BCUT2D eigenvalue weighted by Gasteiger charge is -2.17. The van der Waals surface area contributed by atoms with Crippen LogP contribution in [0.2, 0.25) is 0 Å². The number of hydrogen-bond donors (Lipinski definition) is 2. The van der Waals surface area contributed by atoms with Gasteiger partial charge in [-0.05, 0) is 12.5 Å². The van der Waals surface area contributed by atoms with E-state index in [9.17, 15) is 18.0 Å². The molecule has 1 heterocycles. The van der Waals surface area contributed by atoms with Crippen LogP contribution < -0.4 is 14.8 Å². The number of methoxy groups -OCH3 is 2. The number of nitrogens with one attached hydrogen (secondary N) is 1. The van der Waals surface area contributed by atoms with Gasteiger partial charge >= 0.3 is 12.1 Å². The Morgan fingerprint density at radius 1 is 1.24 bits per heavy atom. The third-order valence-electron chi connectivity index (χ3n) is 3.47. The van der Waals surface area contributed by atoms with Crippen molar-refractivity contribution >= 4 is 22.7 Å². The highest BCUT2D eigenvalue weighted by molar-refractivity contribution is 5.93. The Hall–Kier alpha value is -2.78. The van der Waals surface area contributed by atoms with E-state index < -0.39 is 24.0 Å². The molecule has 1 aromatic heterocycles. The van der Waals surface area contributed by atoms with Crippen LogP contribution in [-0.2, 0) is 11.0 Å². The number of aliphatic carboxylic acids is 1. The summed E-state index contributed by atoms with van der Waals surface area (Å²) in [6, 6.07) is 1.57. The summed E-state index contributed by atoms with van der Waals surface area (Å²) in [5.74, 6) is -2.38. The molecular weight excluding hydrogens is 343 g/mol. The van der Waals surface area contributed by atoms with E-state index in [2.05, 4.69) is 15.3 Å². The molecule has 1 unspecified atom stereocenters. The average Bonchev–Trinajstić information content (AvgIpc) is 2.56. The van der Waals surface area contributed by atoms with Crippen molar-refractivity contribution in [1.82, 2.24) is 9.97 Å². The number of halogens is 3. The van der Waals surface area contributed by atoms with Crippen LogP contribution in [0, 0.1) is 0 Å². The first-order valence-electron chi connectivity index (χ1n) is 7.21. The Bertz CT molecular complexity index is 796. The van der Waals surface area contributed by atoms with Gasteiger partial charge in [-0.1, -0.05) is 6.92 Å². The van der Waals surface area contributed by atoms with Gasteiger partial charge in [0.25, 0.3) is 0 Å². The zero-order valence-corrected chi connectivity index (χ0v) is 13.6. The maximum Gasteiger partial charge on any atom is 0.451 e. The molecule has 136 valence electrons. The number of benzene rings is 1. The Morgan fingerprint density at radius 2 is 1.84 bits per heavy atom. The molecule has 2 rings (SSSR count). The van der Waals surface area contributed by atoms with E-state index in [1.165, 1.54) is 26.4 Å². The largest absolute Gasteiger partial charge is 0.493 e. The smallest absolute Gasteiger partial charge is 0.451 e. The molecule has 0 aliphatic heterocycles. The molecule has 0 saturated heterocycles. The highest BCUT2D eigenvalue weighted by Gasteiger charge is 2.36. The lowest BCUT2D eigenvalue weighted by molar-refractivity contribution is -0.144. The van der Waals surface area contributed by atoms with E-state index in [0.29, 0.717) is 0 Å². The third-order valence-corrected chi connectivity index (χ3v) is 3.47. The van der Waals surface area contributed by atoms with Gasteiger partial charge in [0, 0.05) is 11.5 Å². The number of anilines is 1. The molecule has 0 amide bonds. The number of carboxylic acids is 1. The van der Waals surface area contributed by atoms with Crippen LogP contribution in [0.5, 0.6) is 11.5 Å². The van der Waals surface area contributed by atoms with Crippen molar-refractivity contribution in [2.45, 2.75) is 25.6 Å². The molecule has 2 N–H and O–H groups in total. The Morgan fingerprint density at radius 3 is 2.32 bits per heavy atom. The maximum atomic E-state index is 13.1. The molecule has 0 aliphatic carbocycles. The summed E-state index contributed by atoms with van der Waals surface area (Å²) in [5, 5.41) is 11.9. The Labute approximate surface area is 140 Å². The summed E-state index contributed by atoms with van der Waals surface area (Å²) in [7, 11) is 2.71. The van der Waals surface area contributed by atoms with Gasteiger partial charge in [0.2, 0.25) is 5.82 Å². The fraction of sp³-hybridized carbons (Fsp3) is 0.400. The normalized spacial score (nSPS) is 12.7. The average molecular weight is 359 g/mol. The van der Waals surface area contributed by atoms with Crippen molar-refractivity contribution in [2.24, 2.45) is 0 Å². The van der Waals surface area contributed by atoms with Gasteiger partial charge in [-0.3, -0.25) is 0 Å². The molecule has 0 spiro atoms. The molecule has 2 aromatic rings. The molecule has 0 fully saturated rings. The number of nitrogens with zero attached hydrogens (tertiary/aromatic N) is 2. The van der Waals surface area contributed by atoms with Crippen molar-refractivity contribution in [2.75, 3.05) is 19.5 Å². The molecule has 1 atom stereocenters.